The number of pyridine rings is 1. The second-order valence-corrected chi connectivity index (χ2v) is 5.60. The Kier molecular flexibility index (Phi) is 5.68. The van der Waals surface area contributed by atoms with Crippen LogP contribution in [0.1, 0.15) is 34.8 Å². The largest absolute Gasteiger partial charge is 0.355 e. The summed E-state index contributed by atoms with van der Waals surface area (Å²) in [4.78, 5) is 18.1. The molecule has 23 heavy (non-hydrogen) atoms. The smallest absolute Gasteiger partial charge is 0.252 e. The molecule has 1 aromatic carbocycles. The van der Waals surface area contributed by atoms with Crippen molar-refractivity contribution in [2.75, 3.05) is 18.5 Å². The molecule has 0 radical (unpaired) electrons. The van der Waals surface area contributed by atoms with Crippen LogP contribution in [0.5, 0.6) is 0 Å². The van der Waals surface area contributed by atoms with Crippen LogP contribution in [0.3, 0.4) is 0 Å². The van der Waals surface area contributed by atoms with Crippen LogP contribution in [0.2, 0.25) is 0 Å². The summed E-state index contributed by atoms with van der Waals surface area (Å²) in [6.45, 7) is 4.95. The van der Waals surface area contributed by atoms with E-state index < -0.39 is 0 Å². The molecule has 1 heterocycles. The molecule has 5 heteroatoms. The average Bonchev–Trinajstić information content (AvgIpc) is 2.56. The SMILES string of the molecule is CCCNC(=O)c1ccc(N(C)Cc2ccc(C)c(F)c2)nc1. The minimum atomic E-state index is -0.202. The maximum atomic E-state index is 13.6. The Morgan fingerprint density at radius 2 is 2.09 bits per heavy atom. The van der Waals surface area contributed by atoms with Gasteiger partial charge in [-0.25, -0.2) is 9.37 Å². The van der Waals surface area contributed by atoms with Crippen LogP contribution in [0.25, 0.3) is 0 Å². The van der Waals surface area contributed by atoms with Crippen molar-refractivity contribution < 1.29 is 9.18 Å². The Balaban J connectivity index is 2.03. The number of hydrogen-bond donors (Lipinski definition) is 1. The first-order valence-electron chi connectivity index (χ1n) is 7.71. The lowest BCUT2D eigenvalue weighted by molar-refractivity contribution is 0.0953. The third-order valence-electron chi connectivity index (χ3n) is 3.59. The summed E-state index contributed by atoms with van der Waals surface area (Å²) in [7, 11) is 1.89. The predicted molar refractivity (Wildman–Crippen MR) is 90.1 cm³/mol. The molecule has 0 aliphatic carbocycles. The third-order valence-corrected chi connectivity index (χ3v) is 3.59. The number of hydrogen-bond acceptors (Lipinski definition) is 3. The van der Waals surface area contributed by atoms with E-state index >= 15 is 0 Å². The quantitative estimate of drug-likeness (QED) is 0.889. The number of benzene rings is 1. The summed E-state index contributed by atoms with van der Waals surface area (Å²) in [6, 6.07) is 8.76. The normalized spacial score (nSPS) is 10.4. The van der Waals surface area contributed by atoms with Gasteiger partial charge in [0.1, 0.15) is 11.6 Å². The van der Waals surface area contributed by atoms with Gasteiger partial charge in [-0.05, 0) is 42.7 Å². The summed E-state index contributed by atoms with van der Waals surface area (Å²) in [5.41, 5.74) is 2.05. The monoisotopic (exact) mass is 315 g/mol. The fourth-order valence-corrected chi connectivity index (χ4v) is 2.18. The maximum Gasteiger partial charge on any atom is 0.252 e. The van der Waals surface area contributed by atoms with E-state index in [2.05, 4.69) is 10.3 Å². The maximum absolute atomic E-state index is 13.6. The standard InChI is InChI=1S/C18H22FN3O/c1-4-9-20-18(23)15-7-8-17(21-11-15)22(3)12-14-6-5-13(2)16(19)10-14/h5-8,10-11H,4,9,12H2,1-3H3,(H,20,23). The van der Waals surface area contributed by atoms with E-state index in [1.54, 1.807) is 37.4 Å². The summed E-state index contributed by atoms with van der Waals surface area (Å²) in [6.07, 6.45) is 2.46. The number of nitrogens with zero attached hydrogens (tertiary/aromatic N) is 2. The van der Waals surface area contributed by atoms with E-state index in [0.29, 0.717) is 24.2 Å². The Bertz CT molecular complexity index is 670. The van der Waals surface area contributed by atoms with Crippen molar-refractivity contribution in [2.45, 2.75) is 26.8 Å². The fraction of sp³-hybridized carbons (Fsp3) is 0.333. The van der Waals surface area contributed by atoms with Gasteiger partial charge in [0, 0.05) is 26.3 Å². The van der Waals surface area contributed by atoms with Crippen molar-refractivity contribution in [1.82, 2.24) is 10.3 Å². The zero-order valence-corrected chi connectivity index (χ0v) is 13.8. The average molecular weight is 315 g/mol. The molecule has 0 aliphatic heterocycles. The van der Waals surface area contributed by atoms with Crippen LogP contribution in [0, 0.1) is 12.7 Å². The number of aromatic nitrogens is 1. The van der Waals surface area contributed by atoms with Crippen LogP contribution in [0.4, 0.5) is 10.2 Å². The zero-order chi connectivity index (χ0) is 16.8. The molecule has 0 spiro atoms. The highest BCUT2D eigenvalue weighted by molar-refractivity contribution is 5.94. The zero-order valence-electron chi connectivity index (χ0n) is 13.8. The third kappa shape index (κ3) is 4.52. The molecule has 1 N–H and O–H groups in total. The number of carbonyl (C=O) groups excluding carboxylic acids is 1. The first kappa shape index (κ1) is 16.9. The van der Waals surface area contributed by atoms with E-state index in [0.717, 1.165) is 17.8 Å². The summed E-state index contributed by atoms with van der Waals surface area (Å²) in [5.74, 6) is 0.416. The molecule has 0 saturated carbocycles. The second kappa shape index (κ2) is 7.72. The van der Waals surface area contributed by atoms with Gasteiger partial charge >= 0.3 is 0 Å². The molecule has 2 aromatic rings. The Morgan fingerprint density at radius 1 is 1.30 bits per heavy atom. The van der Waals surface area contributed by atoms with Crippen LogP contribution in [-0.4, -0.2) is 24.5 Å². The van der Waals surface area contributed by atoms with E-state index in [9.17, 15) is 9.18 Å². The molecule has 1 amide bonds. The number of halogens is 1. The molecule has 0 unspecified atom stereocenters. The van der Waals surface area contributed by atoms with Gasteiger partial charge in [-0.2, -0.15) is 0 Å². The molecular formula is C18H22FN3O. The van der Waals surface area contributed by atoms with Crippen LogP contribution in [-0.2, 0) is 6.54 Å². The van der Waals surface area contributed by atoms with Crippen molar-refractivity contribution in [1.29, 1.82) is 0 Å². The predicted octanol–water partition coefficient (Wildman–Crippen LogP) is 3.31. The fourth-order valence-electron chi connectivity index (χ4n) is 2.18. The molecule has 4 nitrogen and oxygen atoms in total. The van der Waals surface area contributed by atoms with Gasteiger partial charge in [-0.1, -0.05) is 19.1 Å². The highest BCUT2D eigenvalue weighted by atomic mass is 19.1. The Morgan fingerprint density at radius 3 is 2.70 bits per heavy atom. The number of amides is 1. The van der Waals surface area contributed by atoms with Gasteiger partial charge in [0.15, 0.2) is 0 Å². The van der Waals surface area contributed by atoms with Crippen LogP contribution >= 0.6 is 0 Å². The molecule has 0 saturated heterocycles. The molecule has 0 fully saturated rings. The Labute approximate surface area is 136 Å². The van der Waals surface area contributed by atoms with Gasteiger partial charge in [0.25, 0.3) is 5.91 Å². The van der Waals surface area contributed by atoms with Crippen molar-refractivity contribution in [3.8, 4) is 0 Å². The van der Waals surface area contributed by atoms with Gasteiger partial charge in [0.2, 0.25) is 0 Å². The number of nitrogens with one attached hydrogen (secondary N) is 1. The van der Waals surface area contributed by atoms with Gasteiger partial charge < -0.3 is 10.2 Å². The molecule has 0 atom stereocenters. The van der Waals surface area contributed by atoms with Gasteiger partial charge in [0.05, 0.1) is 5.56 Å². The molecule has 2 rings (SSSR count). The van der Waals surface area contributed by atoms with Crippen molar-refractivity contribution in [3.05, 3.63) is 59.0 Å². The number of aryl methyl sites for hydroxylation is 1. The van der Waals surface area contributed by atoms with E-state index in [-0.39, 0.29) is 11.7 Å². The number of rotatable bonds is 6. The van der Waals surface area contributed by atoms with Gasteiger partial charge in [-0.3, -0.25) is 4.79 Å². The van der Waals surface area contributed by atoms with Crippen molar-refractivity contribution >= 4 is 11.7 Å². The lowest BCUT2D eigenvalue weighted by Crippen LogP contribution is -2.24. The van der Waals surface area contributed by atoms with E-state index in [4.69, 9.17) is 0 Å². The summed E-state index contributed by atoms with van der Waals surface area (Å²) in [5, 5.41) is 2.81. The minimum Gasteiger partial charge on any atom is -0.355 e. The van der Waals surface area contributed by atoms with Crippen LogP contribution < -0.4 is 10.2 Å². The first-order chi connectivity index (χ1) is 11.0. The number of carbonyl (C=O) groups is 1. The number of anilines is 1. The van der Waals surface area contributed by atoms with E-state index in [1.807, 2.05) is 24.9 Å². The topological polar surface area (TPSA) is 45.2 Å². The van der Waals surface area contributed by atoms with Crippen molar-refractivity contribution in [2.24, 2.45) is 0 Å². The van der Waals surface area contributed by atoms with Gasteiger partial charge in [-0.15, -0.1) is 0 Å². The summed E-state index contributed by atoms with van der Waals surface area (Å²) >= 11 is 0. The lowest BCUT2D eigenvalue weighted by atomic mass is 10.1. The molecule has 0 aliphatic rings. The highest BCUT2D eigenvalue weighted by Gasteiger charge is 2.08. The minimum absolute atomic E-state index is 0.117. The lowest BCUT2D eigenvalue weighted by Gasteiger charge is -2.18. The molecule has 1 aromatic heterocycles. The highest BCUT2D eigenvalue weighted by Crippen LogP contribution is 2.15. The summed E-state index contributed by atoms with van der Waals surface area (Å²) < 4.78 is 13.6. The molecule has 0 bridgehead atoms. The second-order valence-electron chi connectivity index (χ2n) is 5.60. The van der Waals surface area contributed by atoms with Crippen molar-refractivity contribution in [3.63, 3.8) is 0 Å². The first-order valence-corrected chi connectivity index (χ1v) is 7.71. The van der Waals surface area contributed by atoms with E-state index in [1.165, 1.54) is 0 Å². The molecule has 122 valence electrons. The van der Waals surface area contributed by atoms with Crippen LogP contribution in [0.15, 0.2) is 36.5 Å². The Hall–Kier alpha value is -2.43. The molecular weight excluding hydrogens is 293 g/mol.